The molecular weight excluding hydrogens is 297 g/mol. The Morgan fingerprint density at radius 2 is 1.96 bits per heavy atom. The fourth-order valence-electron chi connectivity index (χ4n) is 2.94. The van der Waals surface area contributed by atoms with E-state index in [0.717, 1.165) is 49.1 Å². The van der Waals surface area contributed by atoms with E-state index in [9.17, 15) is 9.18 Å². The number of aromatic amines is 1. The van der Waals surface area contributed by atoms with Crippen LogP contribution in [0.4, 0.5) is 10.1 Å². The van der Waals surface area contributed by atoms with Crippen LogP contribution < -0.4 is 15.9 Å². The molecule has 2 N–H and O–H groups in total. The second-order valence-corrected chi connectivity index (χ2v) is 5.54. The lowest BCUT2D eigenvalue weighted by Gasteiger charge is -2.29. The molecule has 2 aromatic heterocycles. The Bertz CT molecular complexity index is 893. The van der Waals surface area contributed by atoms with E-state index >= 15 is 0 Å². The van der Waals surface area contributed by atoms with Crippen LogP contribution in [0, 0.1) is 5.82 Å². The van der Waals surface area contributed by atoms with Gasteiger partial charge in [-0.25, -0.2) is 18.7 Å². The van der Waals surface area contributed by atoms with Crippen LogP contribution in [-0.2, 0) is 0 Å². The monoisotopic (exact) mass is 313 g/mol. The Labute approximate surface area is 131 Å². The van der Waals surface area contributed by atoms with Crippen LogP contribution >= 0.6 is 0 Å². The number of rotatable bonds is 2. The molecule has 6 nitrogen and oxygen atoms in total. The van der Waals surface area contributed by atoms with Crippen molar-refractivity contribution >= 4 is 16.7 Å². The number of halogens is 1. The highest BCUT2D eigenvalue weighted by atomic mass is 19.1. The SMILES string of the molecule is O=c1[nH]c2ccc(N3CCNCC3)cc2n1-c1ccc(F)cn1. The zero-order valence-electron chi connectivity index (χ0n) is 12.4. The van der Waals surface area contributed by atoms with Crippen molar-refractivity contribution < 1.29 is 4.39 Å². The summed E-state index contributed by atoms with van der Waals surface area (Å²) in [6, 6.07) is 8.68. The molecule has 0 amide bonds. The maximum atomic E-state index is 13.1. The first-order valence-electron chi connectivity index (χ1n) is 7.55. The molecule has 0 unspecified atom stereocenters. The molecule has 0 aliphatic carbocycles. The number of nitrogens with zero attached hydrogens (tertiary/aromatic N) is 3. The molecule has 1 aromatic carbocycles. The van der Waals surface area contributed by atoms with Crippen LogP contribution in [0.1, 0.15) is 0 Å². The maximum Gasteiger partial charge on any atom is 0.332 e. The number of nitrogens with one attached hydrogen (secondary N) is 2. The molecule has 0 spiro atoms. The van der Waals surface area contributed by atoms with Gasteiger partial charge in [0.15, 0.2) is 0 Å². The zero-order valence-corrected chi connectivity index (χ0v) is 12.4. The summed E-state index contributed by atoms with van der Waals surface area (Å²) in [4.78, 5) is 21.4. The van der Waals surface area contributed by atoms with Crippen molar-refractivity contribution in [1.29, 1.82) is 0 Å². The number of hydrogen-bond acceptors (Lipinski definition) is 4. The smallest absolute Gasteiger partial charge is 0.332 e. The molecule has 1 aliphatic rings. The Balaban J connectivity index is 1.84. The molecule has 7 heteroatoms. The number of fused-ring (bicyclic) bond motifs is 1. The maximum absolute atomic E-state index is 13.1. The number of piperazine rings is 1. The minimum absolute atomic E-state index is 0.281. The first kappa shape index (κ1) is 14.0. The fourth-order valence-corrected chi connectivity index (χ4v) is 2.94. The summed E-state index contributed by atoms with van der Waals surface area (Å²) in [5.74, 6) is -0.0248. The third-order valence-electron chi connectivity index (χ3n) is 4.09. The molecule has 118 valence electrons. The largest absolute Gasteiger partial charge is 0.369 e. The molecule has 1 fully saturated rings. The number of imidazole rings is 1. The third-order valence-corrected chi connectivity index (χ3v) is 4.09. The summed E-state index contributed by atoms with van der Waals surface area (Å²) in [6.07, 6.45) is 1.11. The second-order valence-electron chi connectivity index (χ2n) is 5.54. The van der Waals surface area contributed by atoms with Crippen molar-refractivity contribution in [2.24, 2.45) is 0 Å². The summed E-state index contributed by atoms with van der Waals surface area (Å²) in [5, 5.41) is 3.32. The second kappa shape index (κ2) is 5.51. The van der Waals surface area contributed by atoms with Crippen molar-refractivity contribution in [3.63, 3.8) is 0 Å². The standard InChI is InChI=1S/C16H16FN5O/c17-11-1-4-15(19-10-11)22-14-9-12(21-7-5-18-6-8-21)2-3-13(14)20-16(22)23/h1-4,9-10,18H,5-8H2,(H,20,23). The number of benzene rings is 1. The van der Waals surface area contributed by atoms with E-state index in [0.29, 0.717) is 5.82 Å². The summed E-state index contributed by atoms with van der Waals surface area (Å²) >= 11 is 0. The quantitative estimate of drug-likeness (QED) is 0.747. The predicted molar refractivity (Wildman–Crippen MR) is 86.7 cm³/mol. The van der Waals surface area contributed by atoms with Gasteiger partial charge >= 0.3 is 5.69 Å². The van der Waals surface area contributed by atoms with Gasteiger partial charge in [-0.05, 0) is 30.3 Å². The molecule has 1 aliphatic heterocycles. The van der Waals surface area contributed by atoms with Gasteiger partial charge < -0.3 is 15.2 Å². The van der Waals surface area contributed by atoms with E-state index in [-0.39, 0.29) is 5.69 Å². The molecule has 0 bridgehead atoms. The molecule has 3 aromatic rings. The van der Waals surface area contributed by atoms with Gasteiger partial charge in [-0.1, -0.05) is 0 Å². The highest BCUT2D eigenvalue weighted by molar-refractivity contribution is 5.81. The van der Waals surface area contributed by atoms with Crippen LogP contribution in [0.3, 0.4) is 0 Å². The van der Waals surface area contributed by atoms with E-state index in [1.807, 2.05) is 18.2 Å². The summed E-state index contributed by atoms with van der Waals surface area (Å²) in [7, 11) is 0. The normalized spacial score (nSPS) is 15.3. The number of pyridine rings is 1. The van der Waals surface area contributed by atoms with Gasteiger partial charge in [-0.2, -0.15) is 0 Å². The van der Waals surface area contributed by atoms with E-state index in [1.54, 1.807) is 0 Å². The highest BCUT2D eigenvalue weighted by Gasteiger charge is 2.14. The van der Waals surface area contributed by atoms with E-state index in [1.165, 1.54) is 16.7 Å². The van der Waals surface area contributed by atoms with Crippen LogP contribution in [-0.4, -0.2) is 40.7 Å². The van der Waals surface area contributed by atoms with Crippen molar-refractivity contribution in [2.75, 3.05) is 31.1 Å². The van der Waals surface area contributed by atoms with E-state index in [4.69, 9.17) is 0 Å². The van der Waals surface area contributed by atoms with Crippen LogP contribution in [0.25, 0.3) is 16.9 Å². The lowest BCUT2D eigenvalue weighted by Crippen LogP contribution is -2.43. The topological polar surface area (TPSA) is 66.0 Å². The Morgan fingerprint density at radius 3 is 2.70 bits per heavy atom. The Morgan fingerprint density at radius 1 is 1.13 bits per heavy atom. The summed E-state index contributed by atoms with van der Waals surface area (Å²) in [5.41, 5.74) is 2.26. The number of hydrogen-bond donors (Lipinski definition) is 2. The fraction of sp³-hybridized carbons (Fsp3) is 0.250. The van der Waals surface area contributed by atoms with Crippen molar-refractivity contribution in [1.82, 2.24) is 19.9 Å². The molecular formula is C16H16FN5O. The van der Waals surface area contributed by atoms with Crippen LogP contribution in [0.5, 0.6) is 0 Å². The Kier molecular flexibility index (Phi) is 3.34. The van der Waals surface area contributed by atoms with Gasteiger partial charge in [-0.3, -0.25) is 0 Å². The number of aromatic nitrogens is 3. The lowest BCUT2D eigenvalue weighted by molar-refractivity contribution is 0.589. The van der Waals surface area contributed by atoms with E-state index in [2.05, 4.69) is 20.2 Å². The molecule has 4 rings (SSSR count). The van der Waals surface area contributed by atoms with Crippen LogP contribution in [0.2, 0.25) is 0 Å². The molecule has 3 heterocycles. The molecule has 0 radical (unpaired) electrons. The number of anilines is 1. The minimum atomic E-state index is -0.428. The zero-order chi connectivity index (χ0) is 15.8. The highest BCUT2D eigenvalue weighted by Crippen LogP contribution is 2.22. The van der Waals surface area contributed by atoms with Crippen molar-refractivity contribution in [3.05, 3.63) is 52.8 Å². The van der Waals surface area contributed by atoms with Gasteiger partial charge in [0.2, 0.25) is 0 Å². The predicted octanol–water partition coefficient (Wildman–Crippen LogP) is 1.26. The van der Waals surface area contributed by atoms with Crippen LogP contribution in [0.15, 0.2) is 41.3 Å². The average molecular weight is 313 g/mol. The summed E-state index contributed by atoms with van der Waals surface area (Å²) in [6.45, 7) is 3.74. The van der Waals surface area contributed by atoms with Crippen molar-refractivity contribution in [2.45, 2.75) is 0 Å². The average Bonchev–Trinajstić information content (AvgIpc) is 2.91. The minimum Gasteiger partial charge on any atom is -0.369 e. The molecule has 23 heavy (non-hydrogen) atoms. The van der Waals surface area contributed by atoms with Crippen molar-refractivity contribution in [3.8, 4) is 5.82 Å². The molecule has 0 saturated carbocycles. The number of H-pyrrole nitrogens is 1. The lowest BCUT2D eigenvalue weighted by atomic mass is 10.2. The Hall–Kier alpha value is -2.67. The molecule has 0 atom stereocenters. The first-order chi connectivity index (χ1) is 11.2. The van der Waals surface area contributed by atoms with Gasteiger partial charge in [-0.15, -0.1) is 0 Å². The third kappa shape index (κ3) is 2.49. The van der Waals surface area contributed by atoms with Gasteiger partial charge in [0.25, 0.3) is 0 Å². The van der Waals surface area contributed by atoms with Gasteiger partial charge in [0.1, 0.15) is 11.6 Å². The first-order valence-corrected chi connectivity index (χ1v) is 7.55. The van der Waals surface area contributed by atoms with E-state index < -0.39 is 5.82 Å². The molecule has 1 saturated heterocycles. The van der Waals surface area contributed by atoms with Gasteiger partial charge in [0, 0.05) is 31.9 Å². The van der Waals surface area contributed by atoms with Gasteiger partial charge in [0.05, 0.1) is 17.2 Å². The summed E-state index contributed by atoms with van der Waals surface area (Å²) < 4.78 is 14.6.